The molecule has 1 saturated heterocycles. The van der Waals surface area contributed by atoms with E-state index in [1.54, 1.807) is 13.8 Å². The molecule has 0 aromatic heterocycles. The Morgan fingerprint density at radius 2 is 1.10 bits per heavy atom. The van der Waals surface area contributed by atoms with E-state index in [9.17, 15) is 58.2 Å². The van der Waals surface area contributed by atoms with Gasteiger partial charge in [0, 0.05) is 6.54 Å². The predicted molar refractivity (Wildman–Crippen MR) is 241 cm³/mol. The lowest BCUT2D eigenvalue weighted by atomic mass is 10.0. The van der Waals surface area contributed by atoms with Crippen LogP contribution in [0.25, 0.3) is 0 Å². The van der Waals surface area contributed by atoms with Crippen LogP contribution < -0.4 is 87.6 Å². The van der Waals surface area contributed by atoms with E-state index in [2.05, 4.69) is 53.2 Å². The Morgan fingerprint density at radius 3 is 1.60 bits per heavy atom. The van der Waals surface area contributed by atoms with Gasteiger partial charge in [-0.3, -0.25) is 47.9 Å². The molecule has 0 saturated carbocycles. The van der Waals surface area contributed by atoms with Crippen molar-refractivity contribution < 1.29 is 58.2 Å². The number of aliphatic hydroxyl groups excluding tert-OH is 2. The molecule has 67 heavy (non-hydrogen) atoms. The summed E-state index contributed by atoms with van der Waals surface area (Å²) in [4.78, 5) is 134. The Bertz CT molecular complexity index is 1670. The molecule has 0 radical (unpaired) electrons. The molecule has 0 aromatic carbocycles. The van der Waals surface area contributed by atoms with E-state index >= 15 is 0 Å². The maximum absolute atomic E-state index is 13.9. The number of hydrogen-bond acceptors (Lipinski definition) is 18. The molecule has 1 aliphatic heterocycles. The van der Waals surface area contributed by atoms with Gasteiger partial charge in [-0.1, -0.05) is 13.8 Å². The van der Waals surface area contributed by atoms with Crippen LogP contribution >= 0.6 is 0 Å². The molecular weight excluding hydrogens is 885 g/mol. The molecule has 24 N–H and O–H groups in total. The van der Waals surface area contributed by atoms with E-state index in [1.807, 2.05) is 0 Å². The third-order valence-electron chi connectivity index (χ3n) is 10.2. The summed E-state index contributed by atoms with van der Waals surface area (Å²) in [7, 11) is 0. The lowest BCUT2D eigenvalue weighted by molar-refractivity contribution is -0.136. The summed E-state index contributed by atoms with van der Waals surface area (Å²) < 4.78 is 0. The predicted octanol–water partition coefficient (Wildman–Crippen LogP) is -10.0. The molecule has 1 rings (SSSR count). The van der Waals surface area contributed by atoms with Crippen LogP contribution in [0.1, 0.15) is 65.7 Å². The van der Waals surface area contributed by atoms with E-state index in [0.29, 0.717) is 0 Å². The average molecular weight is 959 g/mol. The minimum absolute atomic E-state index is 0.0536. The van der Waals surface area contributed by atoms with Gasteiger partial charge in [-0.15, -0.1) is 0 Å². The highest BCUT2D eigenvalue weighted by atomic mass is 16.3. The van der Waals surface area contributed by atoms with Crippen molar-refractivity contribution in [3.63, 3.8) is 0 Å². The third kappa shape index (κ3) is 21.3. The Hall–Kier alpha value is -5.62. The molecule has 1 aliphatic rings. The standard InChI is InChI=1S/C39H74N16O12/c1-19(2)16-27-38(66)51-23(6-12-42)34(62)50-24(7-13-43)36(64)54-28(18-56)33(61)46-15-9-26(37(65)49-22(5-11-41)32(60)47-17-29(58)48-27)52-35(63)25(8-14-44)53-39(67)30(20(3)57)55-31(59)21(45)4-10-40/h19-28,30,56-57H,4-18,40-45H2,1-3H3,(H,46,61)(H,47,60)(H,48,58)(H,49,65)(H,50,62)(H,51,66)(H,52,63)(H,53,67)(H,54,64)(H,55,59)/t20-,21+,22+,23+,24+,25+,26+,27+,28+,30+/m1/s1. The van der Waals surface area contributed by atoms with Crippen molar-refractivity contribution in [2.45, 2.75) is 126 Å². The van der Waals surface area contributed by atoms with Gasteiger partial charge in [0.25, 0.3) is 0 Å². The van der Waals surface area contributed by atoms with Gasteiger partial charge in [0.15, 0.2) is 0 Å². The van der Waals surface area contributed by atoms with Crippen LogP contribution in [-0.2, 0) is 47.9 Å². The van der Waals surface area contributed by atoms with E-state index in [1.165, 1.54) is 6.92 Å². The van der Waals surface area contributed by atoms with Crippen LogP contribution in [-0.4, -0.2) is 182 Å². The summed E-state index contributed by atoms with van der Waals surface area (Å²) in [5, 5.41) is 44.8. The molecule has 10 atom stereocenters. The Balaban J connectivity index is 3.66. The Labute approximate surface area is 388 Å². The summed E-state index contributed by atoms with van der Waals surface area (Å²) in [5.74, 6) is -9.26. The fourth-order valence-corrected chi connectivity index (χ4v) is 6.51. The highest BCUT2D eigenvalue weighted by Gasteiger charge is 2.35. The van der Waals surface area contributed by atoms with Crippen LogP contribution in [0.4, 0.5) is 0 Å². The Kier molecular flexibility index (Phi) is 27.8. The lowest BCUT2D eigenvalue weighted by Crippen LogP contribution is -2.61. The van der Waals surface area contributed by atoms with E-state index in [-0.39, 0.29) is 77.2 Å². The molecule has 10 amide bonds. The van der Waals surface area contributed by atoms with Gasteiger partial charge in [-0.05, 0) is 90.5 Å². The molecule has 0 unspecified atom stereocenters. The second-order valence-corrected chi connectivity index (χ2v) is 16.3. The van der Waals surface area contributed by atoms with Gasteiger partial charge in [0.05, 0.1) is 25.3 Å². The molecule has 0 spiro atoms. The molecule has 0 aliphatic carbocycles. The summed E-state index contributed by atoms with van der Waals surface area (Å²) in [5.41, 5.74) is 34.2. The second-order valence-electron chi connectivity index (χ2n) is 16.3. The fourth-order valence-electron chi connectivity index (χ4n) is 6.51. The maximum Gasteiger partial charge on any atom is 0.245 e. The fraction of sp³-hybridized carbons (Fsp3) is 0.744. The van der Waals surface area contributed by atoms with Gasteiger partial charge >= 0.3 is 0 Å². The first-order valence-corrected chi connectivity index (χ1v) is 22.2. The number of nitrogens with two attached hydrogens (primary N) is 6. The SMILES string of the molecule is CC(C)C[C@@H]1NC(=O)CNC(=O)[C@H](CCN)NC(=O)[C@@H](NC(=O)[C@H](CCN)NC(=O)[C@@H](NC(=O)[C@@H](N)CCN)[C@@H](C)O)CCNC(=O)[C@H](CO)NC(=O)[C@H](CCN)NC(=O)[C@H](CCN)NC1=O. The van der Waals surface area contributed by atoms with Crippen molar-refractivity contribution in [2.24, 2.45) is 40.3 Å². The van der Waals surface area contributed by atoms with Crippen molar-refractivity contribution in [1.29, 1.82) is 0 Å². The molecule has 28 heteroatoms. The number of rotatable bonds is 20. The second kappa shape index (κ2) is 31.4. The first kappa shape index (κ1) is 59.4. The van der Waals surface area contributed by atoms with Crippen LogP contribution in [0.5, 0.6) is 0 Å². The minimum atomic E-state index is -1.62. The topological polar surface area (TPSA) is 488 Å². The quantitative estimate of drug-likeness (QED) is 0.0539. The molecule has 1 heterocycles. The van der Waals surface area contributed by atoms with Crippen molar-refractivity contribution >= 4 is 59.1 Å². The maximum atomic E-state index is 13.9. The van der Waals surface area contributed by atoms with Crippen molar-refractivity contribution in [1.82, 2.24) is 53.2 Å². The number of carbonyl (C=O) groups excluding carboxylic acids is 10. The number of nitrogens with one attached hydrogen (secondary N) is 10. The number of hydrogen-bond donors (Lipinski definition) is 18. The van der Waals surface area contributed by atoms with Gasteiger partial charge in [0.1, 0.15) is 48.3 Å². The van der Waals surface area contributed by atoms with Crippen molar-refractivity contribution in [2.75, 3.05) is 52.4 Å². The highest BCUT2D eigenvalue weighted by molar-refractivity contribution is 5.98. The van der Waals surface area contributed by atoms with Crippen LogP contribution in [0.15, 0.2) is 0 Å². The summed E-state index contributed by atoms with van der Waals surface area (Å²) in [6.07, 6.45) is -2.42. The van der Waals surface area contributed by atoms with E-state index in [0.717, 1.165) is 0 Å². The van der Waals surface area contributed by atoms with E-state index in [4.69, 9.17) is 34.4 Å². The minimum Gasteiger partial charge on any atom is -0.394 e. The first-order chi connectivity index (χ1) is 31.7. The molecular formula is C39H74N16O12. The number of aliphatic hydroxyl groups is 2. The normalized spacial score (nSPS) is 23.9. The van der Waals surface area contributed by atoms with Gasteiger partial charge in [-0.2, -0.15) is 0 Å². The number of carbonyl (C=O) groups is 10. The summed E-state index contributed by atoms with van der Waals surface area (Å²) in [6.45, 7) is 2.18. The zero-order valence-electron chi connectivity index (χ0n) is 38.4. The zero-order valence-corrected chi connectivity index (χ0v) is 38.4. The smallest absolute Gasteiger partial charge is 0.245 e. The Morgan fingerprint density at radius 1 is 0.612 bits per heavy atom. The molecule has 0 aromatic rings. The van der Waals surface area contributed by atoms with Gasteiger partial charge in [-0.25, -0.2) is 0 Å². The lowest BCUT2D eigenvalue weighted by Gasteiger charge is -2.27. The average Bonchev–Trinajstić information content (AvgIpc) is 3.26. The van der Waals surface area contributed by atoms with Crippen LogP contribution in [0, 0.1) is 5.92 Å². The van der Waals surface area contributed by atoms with Crippen molar-refractivity contribution in [3.05, 3.63) is 0 Å². The summed E-state index contributed by atoms with van der Waals surface area (Å²) in [6, 6.07) is -12.7. The highest BCUT2D eigenvalue weighted by Crippen LogP contribution is 2.08. The summed E-state index contributed by atoms with van der Waals surface area (Å²) >= 11 is 0. The molecule has 382 valence electrons. The monoisotopic (exact) mass is 959 g/mol. The van der Waals surface area contributed by atoms with Crippen molar-refractivity contribution in [3.8, 4) is 0 Å². The first-order valence-electron chi connectivity index (χ1n) is 22.2. The zero-order chi connectivity index (χ0) is 50.8. The number of amides is 10. The van der Waals surface area contributed by atoms with Crippen LogP contribution in [0.3, 0.4) is 0 Å². The van der Waals surface area contributed by atoms with Gasteiger partial charge < -0.3 is 97.8 Å². The van der Waals surface area contributed by atoms with E-state index < -0.39 is 146 Å². The molecule has 1 fully saturated rings. The molecule has 28 nitrogen and oxygen atoms in total. The van der Waals surface area contributed by atoms with Gasteiger partial charge in [0.2, 0.25) is 59.1 Å². The van der Waals surface area contributed by atoms with Crippen LogP contribution in [0.2, 0.25) is 0 Å². The molecule has 0 bridgehead atoms. The third-order valence-corrected chi connectivity index (χ3v) is 10.2. The largest absolute Gasteiger partial charge is 0.394 e.